The van der Waals surface area contributed by atoms with Crippen LogP contribution in [0.5, 0.6) is 0 Å². The predicted octanol–water partition coefficient (Wildman–Crippen LogP) is 3.38. The minimum Gasteiger partial charge on any atom is -0.317 e. The monoisotopic (exact) mass is 242 g/mol. The van der Waals surface area contributed by atoms with Crippen molar-refractivity contribution in [1.29, 1.82) is 0 Å². The lowest BCUT2D eigenvalue weighted by molar-refractivity contribution is 0.147. The van der Waals surface area contributed by atoms with E-state index in [0.717, 1.165) is 11.8 Å². The highest BCUT2D eigenvalue weighted by Crippen LogP contribution is 2.22. The van der Waals surface area contributed by atoms with Crippen LogP contribution in [0, 0.1) is 11.8 Å². The van der Waals surface area contributed by atoms with Crippen LogP contribution in [0.1, 0.15) is 54.3 Å². The Kier molecular flexibility index (Phi) is 7.87. The van der Waals surface area contributed by atoms with Crippen molar-refractivity contribution in [2.24, 2.45) is 11.8 Å². The highest BCUT2D eigenvalue weighted by Gasteiger charge is 2.21. The second-order valence-electron chi connectivity index (χ2n) is 5.35. The van der Waals surface area contributed by atoms with Gasteiger partial charge in [-0.05, 0) is 63.7 Å². The number of likely N-dealkylation sites (tertiary alicyclic amines) is 1. The van der Waals surface area contributed by atoms with Gasteiger partial charge in [-0.2, -0.15) is 0 Å². The van der Waals surface area contributed by atoms with Gasteiger partial charge < -0.3 is 10.2 Å². The lowest BCUT2D eigenvalue weighted by Crippen LogP contribution is -2.40. The second kappa shape index (κ2) is 8.93. The van der Waals surface area contributed by atoms with E-state index >= 15 is 0 Å². The zero-order valence-corrected chi connectivity index (χ0v) is 12.2. The van der Waals surface area contributed by atoms with E-state index in [1.54, 1.807) is 0 Å². The molecule has 0 bridgehead atoms. The molecule has 0 amide bonds. The van der Waals surface area contributed by atoms with Crippen molar-refractivity contribution in [3.05, 3.63) is 0 Å². The van der Waals surface area contributed by atoms with Crippen molar-refractivity contribution in [2.45, 2.75) is 52.9 Å². The summed E-state index contributed by atoms with van der Waals surface area (Å²) in [6.45, 7) is 12.9. The molecule has 0 aromatic carbocycles. The van der Waals surface area contributed by atoms with Gasteiger partial charge in [-0.1, -0.05) is 27.2 Å². The minimum absolute atomic E-state index is 0. The van der Waals surface area contributed by atoms with Gasteiger partial charge in [0.25, 0.3) is 0 Å². The van der Waals surface area contributed by atoms with E-state index in [4.69, 9.17) is 0 Å². The van der Waals surface area contributed by atoms with E-state index in [9.17, 15) is 0 Å². The molecule has 2 fully saturated rings. The Hall–Kier alpha value is -0.0800. The van der Waals surface area contributed by atoms with Crippen LogP contribution in [0.25, 0.3) is 0 Å². The van der Waals surface area contributed by atoms with Crippen molar-refractivity contribution in [3.8, 4) is 0 Å². The van der Waals surface area contributed by atoms with Gasteiger partial charge >= 0.3 is 0 Å². The van der Waals surface area contributed by atoms with E-state index in [1.807, 2.05) is 13.8 Å². The van der Waals surface area contributed by atoms with Crippen molar-refractivity contribution >= 4 is 0 Å². The number of rotatable bonds is 3. The first kappa shape index (κ1) is 15.0. The molecule has 0 aliphatic carbocycles. The third kappa shape index (κ3) is 5.39. The summed E-state index contributed by atoms with van der Waals surface area (Å²) >= 11 is 0. The minimum atomic E-state index is 0. The molecule has 2 aliphatic rings. The average molecular weight is 242 g/mol. The third-order valence-corrected chi connectivity index (χ3v) is 4.26. The van der Waals surface area contributed by atoms with E-state index in [-0.39, 0.29) is 1.43 Å². The molecule has 2 heteroatoms. The Morgan fingerprint density at radius 1 is 1.00 bits per heavy atom. The first-order valence-electron chi connectivity index (χ1n) is 7.81. The van der Waals surface area contributed by atoms with Crippen LogP contribution in [0.15, 0.2) is 0 Å². The lowest BCUT2D eigenvalue weighted by atomic mass is 9.92. The van der Waals surface area contributed by atoms with Gasteiger partial charge in [-0.3, -0.25) is 0 Å². The Morgan fingerprint density at radius 2 is 1.59 bits per heavy atom. The fourth-order valence-electron chi connectivity index (χ4n) is 3.01. The molecule has 1 N–H and O–H groups in total. The summed E-state index contributed by atoms with van der Waals surface area (Å²) in [5.74, 6) is 2.00. The summed E-state index contributed by atoms with van der Waals surface area (Å²) in [5.41, 5.74) is 0. The molecular weight excluding hydrogens is 208 g/mol. The maximum absolute atomic E-state index is 3.45. The number of nitrogens with one attached hydrogen (secondary N) is 1. The van der Waals surface area contributed by atoms with Gasteiger partial charge in [0, 0.05) is 7.97 Å². The summed E-state index contributed by atoms with van der Waals surface area (Å²) < 4.78 is 0. The molecule has 0 atom stereocenters. The zero-order chi connectivity index (χ0) is 12.5. The first-order chi connectivity index (χ1) is 8.38. The molecule has 2 rings (SSSR count). The van der Waals surface area contributed by atoms with E-state index in [1.165, 1.54) is 64.8 Å². The van der Waals surface area contributed by atoms with Gasteiger partial charge in [-0.25, -0.2) is 0 Å². The SMILES string of the molecule is CC.CCC1CCN(CC2CCNCC2)CC1.[HH]. The molecule has 0 unspecified atom stereocenters. The molecule has 2 heterocycles. The second-order valence-corrected chi connectivity index (χ2v) is 5.35. The van der Waals surface area contributed by atoms with Crippen molar-refractivity contribution in [3.63, 3.8) is 0 Å². The van der Waals surface area contributed by atoms with Gasteiger partial charge in [0.15, 0.2) is 0 Å². The fraction of sp³-hybridized carbons (Fsp3) is 1.00. The summed E-state index contributed by atoms with van der Waals surface area (Å²) in [4.78, 5) is 2.71. The third-order valence-electron chi connectivity index (χ3n) is 4.26. The highest BCUT2D eigenvalue weighted by molar-refractivity contribution is 4.76. The Morgan fingerprint density at radius 3 is 2.12 bits per heavy atom. The number of hydrogen-bond donors (Lipinski definition) is 1. The van der Waals surface area contributed by atoms with Gasteiger partial charge in [-0.15, -0.1) is 0 Å². The zero-order valence-electron chi connectivity index (χ0n) is 12.2. The van der Waals surface area contributed by atoms with Crippen LogP contribution in [0.2, 0.25) is 0 Å². The molecule has 17 heavy (non-hydrogen) atoms. The van der Waals surface area contributed by atoms with Gasteiger partial charge in [0.1, 0.15) is 0 Å². The van der Waals surface area contributed by atoms with Crippen LogP contribution in [-0.2, 0) is 0 Å². The largest absolute Gasteiger partial charge is 0.317 e. The van der Waals surface area contributed by atoms with Crippen LogP contribution < -0.4 is 5.32 Å². The number of piperidine rings is 2. The van der Waals surface area contributed by atoms with E-state index < -0.39 is 0 Å². The molecule has 2 nitrogen and oxygen atoms in total. The van der Waals surface area contributed by atoms with E-state index in [0.29, 0.717) is 0 Å². The average Bonchev–Trinajstić information content (AvgIpc) is 2.43. The first-order valence-corrected chi connectivity index (χ1v) is 7.81. The van der Waals surface area contributed by atoms with Crippen LogP contribution >= 0.6 is 0 Å². The molecule has 2 saturated heterocycles. The molecule has 0 spiro atoms. The lowest BCUT2D eigenvalue weighted by Gasteiger charge is -2.35. The smallest absolute Gasteiger partial charge is 0.00106 e. The van der Waals surface area contributed by atoms with Crippen LogP contribution in [-0.4, -0.2) is 37.6 Å². The number of hydrogen-bond acceptors (Lipinski definition) is 2. The Labute approximate surface area is 110 Å². The van der Waals surface area contributed by atoms with Gasteiger partial charge in [0.05, 0.1) is 0 Å². The van der Waals surface area contributed by atoms with E-state index in [2.05, 4.69) is 17.1 Å². The molecule has 0 aromatic heterocycles. The van der Waals surface area contributed by atoms with Crippen molar-refractivity contribution < 1.29 is 1.43 Å². The fourth-order valence-corrected chi connectivity index (χ4v) is 3.01. The molecule has 2 aliphatic heterocycles. The number of nitrogens with zero attached hydrogens (tertiary/aromatic N) is 1. The standard InChI is InChI=1S/C13H26N2.C2H6.H2/c1-2-12-5-9-15(10-6-12)11-13-3-7-14-8-4-13;1-2;/h12-14H,2-11H2,1H3;1-2H3;1H. The Bertz CT molecular complexity index is 173. The molecule has 104 valence electrons. The molecule has 0 radical (unpaired) electrons. The topological polar surface area (TPSA) is 15.3 Å². The maximum atomic E-state index is 3.45. The summed E-state index contributed by atoms with van der Waals surface area (Å²) in [5, 5.41) is 3.45. The Balaban J connectivity index is 0.000000917. The normalized spacial score (nSPS) is 24.2. The quantitative estimate of drug-likeness (QED) is 0.816. The van der Waals surface area contributed by atoms with Crippen molar-refractivity contribution in [2.75, 3.05) is 32.7 Å². The van der Waals surface area contributed by atoms with Crippen LogP contribution in [0.3, 0.4) is 0 Å². The highest BCUT2D eigenvalue weighted by atomic mass is 15.1. The van der Waals surface area contributed by atoms with Gasteiger partial charge in [0.2, 0.25) is 0 Å². The molecule has 0 saturated carbocycles. The maximum Gasteiger partial charge on any atom is 0.00106 e. The van der Waals surface area contributed by atoms with Crippen molar-refractivity contribution in [1.82, 2.24) is 10.2 Å². The molecular formula is C15H34N2. The van der Waals surface area contributed by atoms with Crippen LogP contribution in [0.4, 0.5) is 0 Å². The summed E-state index contributed by atoms with van der Waals surface area (Å²) in [6.07, 6.45) is 7.07. The summed E-state index contributed by atoms with van der Waals surface area (Å²) in [6, 6.07) is 0. The predicted molar refractivity (Wildman–Crippen MR) is 78.5 cm³/mol. The molecule has 0 aromatic rings. The summed E-state index contributed by atoms with van der Waals surface area (Å²) in [7, 11) is 0.